The van der Waals surface area contributed by atoms with Crippen LogP contribution >= 0.6 is 0 Å². The fraction of sp³-hybridized carbons (Fsp3) is 0.303. The average Bonchev–Trinajstić information content (AvgIpc) is 3.47. The molecule has 1 heteroatoms. The minimum absolute atomic E-state index is 0.294. The Bertz CT molecular complexity index is 1100. The fourth-order valence-corrected chi connectivity index (χ4v) is 4.88. The summed E-state index contributed by atoms with van der Waals surface area (Å²) in [6.45, 7) is 11.3. The van der Waals surface area contributed by atoms with Crippen molar-refractivity contribution >= 4 is 3.71 Å². The van der Waals surface area contributed by atoms with Crippen molar-refractivity contribution in [3.8, 4) is 11.1 Å². The van der Waals surface area contributed by atoms with Gasteiger partial charge in [0.1, 0.15) is 0 Å². The number of hydrogen-bond acceptors (Lipinski definition) is 0. The molecule has 1 atom stereocenters. The summed E-state index contributed by atoms with van der Waals surface area (Å²) in [4.78, 5) is 0. The molecule has 0 saturated carbocycles. The van der Waals surface area contributed by atoms with Gasteiger partial charge in [-0.3, -0.25) is 6.08 Å². The summed E-state index contributed by atoms with van der Waals surface area (Å²) in [5.41, 5.74) is 10.1. The monoisotopic (exact) mass is 522 g/mol. The molecule has 0 aromatic heterocycles. The van der Waals surface area contributed by atoms with Crippen molar-refractivity contribution in [2.75, 3.05) is 0 Å². The van der Waals surface area contributed by atoms with Crippen molar-refractivity contribution < 1.29 is 24.2 Å². The van der Waals surface area contributed by atoms with Crippen LogP contribution in [0.4, 0.5) is 0 Å². The molecule has 0 spiro atoms. The Morgan fingerprint density at radius 3 is 2.18 bits per heavy atom. The van der Waals surface area contributed by atoms with Crippen molar-refractivity contribution in [2.24, 2.45) is 11.3 Å². The fourth-order valence-electron chi connectivity index (χ4n) is 4.41. The second kappa shape index (κ2) is 12.6. The number of fused-ring (bicyclic) bond motifs is 3. The zero-order valence-electron chi connectivity index (χ0n) is 21.3. The maximum Gasteiger partial charge on any atom is -0.0253 e. The summed E-state index contributed by atoms with van der Waals surface area (Å²) in [7, 11) is 0. The molecular weight excluding hydrogens is 488 g/mol. The number of benzene rings is 3. The molecule has 5 rings (SSSR count). The SMILES string of the molecule is CCC1=[C-]C(CC)C=C1C(C)(C)C.[Zr+2]=[CH]c1ccccc1.[c-]1cccc2c1Cc1ccccc1-2. The predicted octanol–water partition coefficient (Wildman–Crippen LogP) is 8.58. The quantitative estimate of drug-likeness (QED) is 0.236. The van der Waals surface area contributed by atoms with Crippen LogP contribution in [-0.2, 0) is 30.7 Å². The van der Waals surface area contributed by atoms with Gasteiger partial charge in [0, 0.05) is 0 Å². The Balaban J connectivity index is 0.000000148. The molecule has 0 heterocycles. The maximum absolute atomic E-state index is 3.57. The van der Waals surface area contributed by atoms with Gasteiger partial charge in [-0.1, -0.05) is 94.2 Å². The Labute approximate surface area is 222 Å². The molecule has 172 valence electrons. The third-order valence-corrected chi connectivity index (χ3v) is 7.06. The molecule has 0 radical (unpaired) electrons. The van der Waals surface area contributed by atoms with Crippen molar-refractivity contribution in [3.63, 3.8) is 0 Å². The molecule has 2 aliphatic carbocycles. The summed E-state index contributed by atoms with van der Waals surface area (Å²) in [5, 5.41) is 0. The van der Waals surface area contributed by atoms with Gasteiger partial charge in [0.15, 0.2) is 0 Å². The molecule has 1 unspecified atom stereocenters. The van der Waals surface area contributed by atoms with Gasteiger partial charge < -0.3 is 0 Å². The first kappa shape index (κ1) is 26.5. The van der Waals surface area contributed by atoms with Gasteiger partial charge in [-0.25, -0.2) is 5.57 Å². The summed E-state index contributed by atoms with van der Waals surface area (Å²) in [5.74, 6) is 0.573. The summed E-state index contributed by atoms with van der Waals surface area (Å²) >= 11 is 1.46. The zero-order chi connectivity index (χ0) is 24.6. The topological polar surface area (TPSA) is 0 Å². The smallest absolute Gasteiger partial charge is 0.0253 e. The van der Waals surface area contributed by atoms with Crippen LogP contribution in [0, 0.1) is 23.5 Å². The molecule has 0 amide bonds. The van der Waals surface area contributed by atoms with E-state index in [2.05, 4.69) is 117 Å². The maximum atomic E-state index is 3.57. The van der Waals surface area contributed by atoms with Crippen LogP contribution in [0.25, 0.3) is 11.1 Å². The molecule has 0 saturated heterocycles. The third-order valence-electron chi connectivity index (χ3n) is 6.24. The first-order valence-corrected chi connectivity index (χ1v) is 13.8. The van der Waals surface area contributed by atoms with Crippen LogP contribution in [0.5, 0.6) is 0 Å². The van der Waals surface area contributed by atoms with E-state index in [1.807, 2.05) is 12.1 Å². The third kappa shape index (κ3) is 6.96. The Hall–Kier alpha value is -2.11. The van der Waals surface area contributed by atoms with Crippen molar-refractivity contribution in [2.45, 2.75) is 53.9 Å². The standard InChI is InChI=1S/C13H9.C13H21.C7H6.Zr/c1-3-7-12-10(5-1)9-11-6-2-4-8-13(11)12;1-6-10-8-11(7-2)12(9-10)13(3,4)5;1-7-5-3-2-4-6-7;/h1-5,7-8H,9H2;9-10H,6-7H2,1-5H3;1-6H;/q2*-1;;+2. The average molecular weight is 524 g/mol. The number of hydrogen-bond donors (Lipinski definition) is 0. The van der Waals surface area contributed by atoms with Crippen LogP contribution in [0.1, 0.15) is 64.2 Å². The van der Waals surface area contributed by atoms with E-state index in [9.17, 15) is 0 Å². The molecule has 3 aromatic carbocycles. The number of rotatable bonds is 3. The van der Waals surface area contributed by atoms with E-state index in [0.29, 0.717) is 11.3 Å². The largest absolute Gasteiger partial charge is 0.179 e. The summed E-state index contributed by atoms with van der Waals surface area (Å²) in [6.07, 6.45) is 9.33. The van der Waals surface area contributed by atoms with Gasteiger partial charge in [0.2, 0.25) is 0 Å². The normalized spacial score (nSPS) is 15.6. The first-order valence-electron chi connectivity index (χ1n) is 12.4. The molecule has 0 N–H and O–H groups in total. The summed E-state index contributed by atoms with van der Waals surface area (Å²) in [6, 6.07) is 28.5. The minimum atomic E-state index is 0.294. The van der Waals surface area contributed by atoms with E-state index in [4.69, 9.17) is 0 Å². The van der Waals surface area contributed by atoms with Gasteiger partial charge in [-0.15, -0.1) is 5.56 Å². The molecule has 34 heavy (non-hydrogen) atoms. The van der Waals surface area contributed by atoms with E-state index in [0.717, 1.165) is 12.8 Å². The van der Waals surface area contributed by atoms with Crippen LogP contribution < -0.4 is 0 Å². The van der Waals surface area contributed by atoms with Gasteiger partial charge in [-0.05, 0) is 6.42 Å². The van der Waals surface area contributed by atoms with Crippen LogP contribution in [-0.4, -0.2) is 3.71 Å². The van der Waals surface area contributed by atoms with Gasteiger partial charge in [-0.2, -0.15) is 41.5 Å². The Morgan fingerprint density at radius 2 is 1.59 bits per heavy atom. The van der Waals surface area contributed by atoms with E-state index < -0.39 is 0 Å². The van der Waals surface area contributed by atoms with Crippen molar-refractivity contribution in [1.29, 1.82) is 0 Å². The molecule has 0 bridgehead atoms. The van der Waals surface area contributed by atoms with Crippen LogP contribution in [0.15, 0.2) is 90.0 Å². The predicted molar refractivity (Wildman–Crippen MR) is 143 cm³/mol. The summed E-state index contributed by atoms with van der Waals surface area (Å²) < 4.78 is 2.17. The van der Waals surface area contributed by atoms with Crippen LogP contribution in [0.3, 0.4) is 0 Å². The van der Waals surface area contributed by atoms with Gasteiger partial charge in [0.05, 0.1) is 0 Å². The number of allylic oxidation sites excluding steroid dienone is 4. The molecular formula is C33H36Zr. The minimum Gasteiger partial charge on any atom is -0.179 e. The van der Waals surface area contributed by atoms with Crippen LogP contribution in [0.2, 0.25) is 0 Å². The van der Waals surface area contributed by atoms with E-state index in [-0.39, 0.29) is 0 Å². The Morgan fingerprint density at radius 1 is 0.912 bits per heavy atom. The van der Waals surface area contributed by atoms with Crippen molar-refractivity contribution in [3.05, 3.63) is 119 Å². The second-order valence-corrected chi connectivity index (χ2v) is 10.5. The van der Waals surface area contributed by atoms with E-state index >= 15 is 0 Å². The zero-order valence-corrected chi connectivity index (χ0v) is 23.7. The van der Waals surface area contributed by atoms with Gasteiger partial charge in [0.25, 0.3) is 0 Å². The van der Waals surface area contributed by atoms with E-state index in [1.165, 1.54) is 69.6 Å². The Kier molecular flexibility index (Phi) is 9.78. The van der Waals surface area contributed by atoms with Gasteiger partial charge >= 0.3 is 63.8 Å². The molecule has 3 aromatic rings. The molecule has 0 aliphatic heterocycles. The molecule has 0 nitrogen and oxygen atoms in total. The van der Waals surface area contributed by atoms with E-state index in [1.54, 1.807) is 0 Å². The first-order chi connectivity index (χ1) is 16.4. The molecule has 0 fully saturated rings. The second-order valence-electron chi connectivity index (χ2n) is 9.77. The van der Waals surface area contributed by atoms with Crippen molar-refractivity contribution in [1.82, 2.24) is 0 Å². The molecule has 2 aliphatic rings.